The van der Waals surface area contributed by atoms with Crippen molar-refractivity contribution in [2.24, 2.45) is 0 Å². The summed E-state index contributed by atoms with van der Waals surface area (Å²) in [5.41, 5.74) is 4.84. The van der Waals surface area contributed by atoms with Crippen LogP contribution in [-0.2, 0) is 0 Å². The van der Waals surface area contributed by atoms with Gasteiger partial charge in [-0.15, -0.1) is 55.4 Å². The normalized spacial score (nSPS) is 12.1. The number of rotatable bonds is 13. The number of anilines is 1. The van der Waals surface area contributed by atoms with E-state index >= 15 is 0 Å². The largest absolute Gasteiger partial charge is 0.391 e. The molecule has 0 unspecified atom stereocenters. The number of nitrogens with zero attached hydrogens (tertiary/aromatic N) is 1. The lowest BCUT2D eigenvalue weighted by Gasteiger charge is -2.46. The summed E-state index contributed by atoms with van der Waals surface area (Å²) in [5, 5.41) is 2.10. The molecule has 0 fully saturated rings. The fourth-order valence-electron chi connectivity index (χ4n) is 7.41. The maximum atomic E-state index is 7.96. The van der Waals surface area contributed by atoms with Gasteiger partial charge >= 0.3 is 11.9 Å². The Hall–Kier alpha value is -3.35. The third-order valence-corrected chi connectivity index (χ3v) is 37.9. The fourth-order valence-corrected chi connectivity index (χ4v) is 21.0. The lowest BCUT2D eigenvalue weighted by molar-refractivity contribution is 0.846. The van der Waals surface area contributed by atoms with Crippen molar-refractivity contribution in [2.45, 2.75) is 31.6 Å². The molecule has 0 aromatic heterocycles. The minimum absolute atomic E-state index is 0.190. The average molecular weight is 884 g/mol. The predicted molar refractivity (Wildman–Crippen MR) is 251 cm³/mol. The van der Waals surface area contributed by atoms with Gasteiger partial charge in [0.05, 0.1) is 0 Å². The van der Waals surface area contributed by atoms with Gasteiger partial charge in [0.1, 0.15) is 0 Å². The second kappa shape index (κ2) is 18.1. The van der Waals surface area contributed by atoms with Gasteiger partial charge < -0.3 is 4.34 Å². The highest BCUT2D eigenvalue weighted by Gasteiger charge is 2.61. The molecule has 0 aliphatic carbocycles. The SMILES string of the molecule is CC(C)c1cc(C(c2ccccc2)c2ccccc2)c(N(P(c2ccccc2)c2ccccc2)[Si](Cl)(Cl)[Si](Cl)(Cl)Cl)c(C(c2ccccc2)c2ccccc2)c1. The molecule has 0 aliphatic rings. The summed E-state index contributed by atoms with van der Waals surface area (Å²) in [4.78, 5) is 0. The van der Waals surface area contributed by atoms with Crippen molar-refractivity contribution < 1.29 is 0 Å². The van der Waals surface area contributed by atoms with E-state index in [9.17, 15) is 0 Å². The molecule has 0 atom stereocenters. The summed E-state index contributed by atoms with van der Waals surface area (Å²) in [6, 6.07) is 68.2. The molecule has 0 bridgehead atoms. The van der Waals surface area contributed by atoms with Crippen LogP contribution in [0.1, 0.15) is 70.5 Å². The monoisotopic (exact) mass is 881 g/mol. The fraction of sp³-hybridized carbons (Fsp3) is 0.106. The summed E-state index contributed by atoms with van der Waals surface area (Å²) in [6.45, 7) is 4.50. The van der Waals surface area contributed by atoms with Crippen LogP contribution in [0.3, 0.4) is 0 Å². The van der Waals surface area contributed by atoms with Crippen LogP contribution in [0.15, 0.2) is 194 Å². The van der Waals surface area contributed by atoms with Crippen molar-refractivity contribution >= 4 is 91.7 Å². The minimum atomic E-state index is -4.06. The van der Waals surface area contributed by atoms with Gasteiger partial charge in [0.25, 0.3) is 0 Å². The molecule has 9 heteroatoms. The summed E-state index contributed by atoms with van der Waals surface area (Å²) in [7, 11) is -1.51. The molecule has 7 rings (SSSR count). The van der Waals surface area contributed by atoms with Crippen molar-refractivity contribution in [3.05, 3.63) is 233 Å². The molecular weight excluding hydrogens is 843 g/mol. The van der Waals surface area contributed by atoms with Gasteiger partial charge in [-0.25, -0.2) is 0 Å². The van der Waals surface area contributed by atoms with Crippen LogP contribution in [0.2, 0.25) is 0 Å². The van der Waals surface area contributed by atoms with E-state index in [0.717, 1.165) is 49.7 Å². The zero-order valence-electron chi connectivity index (χ0n) is 31.0. The maximum Gasteiger partial charge on any atom is 0.391 e. The summed E-state index contributed by atoms with van der Waals surface area (Å²) >= 11 is 37.6. The van der Waals surface area contributed by atoms with Crippen molar-refractivity contribution in [1.29, 1.82) is 0 Å². The molecular formula is C47H41Cl5NPSi2. The van der Waals surface area contributed by atoms with E-state index in [1.807, 2.05) is 12.1 Å². The van der Waals surface area contributed by atoms with Crippen LogP contribution in [0, 0.1) is 0 Å². The number of hydrogen-bond donors (Lipinski definition) is 0. The van der Waals surface area contributed by atoms with Crippen molar-refractivity contribution in [3.63, 3.8) is 0 Å². The molecule has 0 aliphatic heterocycles. The van der Waals surface area contributed by atoms with E-state index in [1.165, 1.54) is 5.56 Å². The number of hydrogen-bond acceptors (Lipinski definition) is 1. The number of benzene rings is 7. The Morgan fingerprint density at radius 1 is 0.411 bits per heavy atom. The van der Waals surface area contributed by atoms with Gasteiger partial charge in [-0.1, -0.05) is 208 Å². The first-order chi connectivity index (χ1) is 27.1. The molecule has 7 aromatic rings. The lowest BCUT2D eigenvalue weighted by atomic mass is 9.77. The zero-order chi connectivity index (χ0) is 39.3. The standard InChI is InChI=1S/C47H41Cl5NPSi2/c1-35(2)40-33-43(45(36-21-9-3-10-22-36)37-23-11-4-12-24-37)47(44(34-40)46(38-25-13-5-14-26-38)39-27-15-6-16-28-39)53(56(51,52)55(48,49)50)54(41-29-17-7-18-30-41)42-31-19-8-20-32-42/h3-35,45-46H,1-2H3. The Morgan fingerprint density at radius 3 is 0.964 bits per heavy atom. The first-order valence-electron chi connectivity index (χ1n) is 18.6. The highest BCUT2D eigenvalue weighted by atomic mass is 35.9. The number of halogens is 5. The van der Waals surface area contributed by atoms with E-state index in [0.29, 0.717) is 0 Å². The maximum absolute atomic E-state index is 7.96. The Balaban J connectivity index is 1.73. The Morgan fingerprint density at radius 2 is 0.696 bits per heavy atom. The minimum Gasteiger partial charge on any atom is -0.344 e. The Kier molecular flexibility index (Phi) is 13.2. The topological polar surface area (TPSA) is 3.24 Å². The van der Waals surface area contributed by atoms with Gasteiger partial charge in [-0.05, 0) is 55.5 Å². The highest BCUT2D eigenvalue weighted by molar-refractivity contribution is 8.05. The Bertz CT molecular complexity index is 2090. The first kappa shape index (κ1) is 40.8. The highest BCUT2D eigenvalue weighted by Crippen LogP contribution is 2.58. The molecule has 1 nitrogen and oxygen atoms in total. The van der Waals surface area contributed by atoms with Crippen LogP contribution >= 0.6 is 63.5 Å². The third kappa shape index (κ3) is 8.72. The smallest absolute Gasteiger partial charge is 0.344 e. The van der Waals surface area contributed by atoms with Crippen LogP contribution in [0.4, 0.5) is 5.69 Å². The average Bonchev–Trinajstić information content (AvgIpc) is 3.22. The van der Waals surface area contributed by atoms with E-state index < -0.39 is 20.0 Å². The van der Waals surface area contributed by atoms with E-state index in [4.69, 9.17) is 55.4 Å². The molecule has 56 heavy (non-hydrogen) atoms. The predicted octanol–water partition coefficient (Wildman–Crippen LogP) is 14.2. The second-order valence-corrected chi connectivity index (χ2v) is 38.9. The molecule has 7 aromatic carbocycles. The molecule has 0 saturated heterocycles. The van der Waals surface area contributed by atoms with Crippen molar-refractivity contribution in [3.8, 4) is 0 Å². The van der Waals surface area contributed by atoms with Crippen molar-refractivity contribution in [1.82, 2.24) is 0 Å². The van der Waals surface area contributed by atoms with Gasteiger partial charge in [0, 0.05) is 25.6 Å². The van der Waals surface area contributed by atoms with Gasteiger partial charge in [0.2, 0.25) is 0 Å². The van der Waals surface area contributed by atoms with E-state index in [1.54, 1.807) is 0 Å². The van der Waals surface area contributed by atoms with E-state index in [-0.39, 0.29) is 17.8 Å². The molecule has 0 amide bonds. The first-order valence-corrected chi connectivity index (χ1v) is 29.9. The lowest BCUT2D eigenvalue weighted by Crippen LogP contribution is -2.58. The van der Waals surface area contributed by atoms with Crippen LogP contribution in [-0.4, -0.2) is 11.9 Å². The molecule has 0 heterocycles. The third-order valence-electron chi connectivity index (χ3n) is 10.0. The van der Waals surface area contributed by atoms with Gasteiger partial charge in [-0.3, -0.25) is 0 Å². The molecule has 0 radical (unpaired) electrons. The molecule has 282 valence electrons. The zero-order valence-corrected chi connectivity index (χ0v) is 37.7. The van der Waals surface area contributed by atoms with E-state index in [2.05, 4.69) is 200 Å². The van der Waals surface area contributed by atoms with Crippen molar-refractivity contribution in [2.75, 3.05) is 4.34 Å². The summed E-state index contributed by atoms with van der Waals surface area (Å²) in [6.07, 6.45) is -4.06. The van der Waals surface area contributed by atoms with Gasteiger partial charge in [0.15, 0.2) is 0 Å². The van der Waals surface area contributed by atoms with Gasteiger partial charge in [-0.2, -0.15) is 0 Å². The Labute approximate surface area is 358 Å². The molecule has 0 N–H and O–H groups in total. The quantitative estimate of drug-likeness (QED) is 0.0483. The van der Waals surface area contributed by atoms with Crippen LogP contribution in [0.25, 0.3) is 0 Å². The second-order valence-electron chi connectivity index (χ2n) is 14.0. The van der Waals surface area contributed by atoms with Crippen LogP contribution < -0.4 is 14.9 Å². The van der Waals surface area contributed by atoms with Crippen LogP contribution in [0.5, 0.6) is 0 Å². The summed E-state index contributed by atoms with van der Waals surface area (Å²) < 4.78 is 2.24. The molecule has 0 spiro atoms. The summed E-state index contributed by atoms with van der Waals surface area (Å²) in [5.74, 6) is -0.257. The molecule has 0 saturated carbocycles.